The van der Waals surface area contributed by atoms with Gasteiger partial charge in [-0.25, -0.2) is 9.13 Å². The maximum atomic E-state index is 13.1. The largest absolute Gasteiger partial charge is 0.472 e. The van der Waals surface area contributed by atoms with E-state index in [1.165, 1.54) is 38.5 Å². The summed E-state index contributed by atoms with van der Waals surface area (Å²) in [5, 5.41) is 10.6. The second kappa shape index (κ2) is 74.0. The molecule has 0 fully saturated rings. The first kappa shape index (κ1) is 96.7. The summed E-state index contributed by atoms with van der Waals surface area (Å²) in [6.07, 6.45) is 85.3. The van der Waals surface area contributed by atoms with Crippen LogP contribution < -0.4 is 0 Å². The number of aliphatic hydroxyl groups excluding tert-OH is 1. The number of esters is 4. The van der Waals surface area contributed by atoms with Gasteiger partial charge in [-0.05, 0) is 141 Å². The molecule has 0 aliphatic rings. The molecule has 0 rings (SSSR count). The zero-order valence-corrected chi connectivity index (χ0v) is 65.0. The molecule has 17 nitrogen and oxygen atoms in total. The monoisotopic (exact) mass is 1470 g/mol. The number of hydrogen-bond acceptors (Lipinski definition) is 15. The van der Waals surface area contributed by atoms with Crippen molar-refractivity contribution in [1.82, 2.24) is 0 Å². The van der Waals surface area contributed by atoms with Gasteiger partial charge in [0, 0.05) is 25.7 Å². The molecule has 3 N–H and O–H groups in total. The molecule has 0 aliphatic carbocycles. The molecular formula is C83H136O17P2. The maximum absolute atomic E-state index is 13.1. The molecule has 0 bridgehead atoms. The Morgan fingerprint density at radius 3 is 0.833 bits per heavy atom. The fourth-order valence-corrected chi connectivity index (χ4v) is 11.3. The first-order chi connectivity index (χ1) is 49.7. The molecule has 0 saturated heterocycles. The highest BCUT2D eigenvalue weighted by atomic mass is 31.2. The minimum absolute atomic E-state index is 0.0616. The summed E-state index contributed by atoms with van der Waals surface area (Å²) in [6, 6.07) is 0. The summed E-state index contributed by atoms with van der Waals surface area (Å²) in [4.78, 5) is 72.9. The van der Waals surface area contributed by atoms with Crippen molar-refractivity contribution in [2.75, 3.05) is 39.6 Å². The zero-order chi connectivity index (χ0) is 74.6. The van der Waals surface area contributed by atoms with Gasteiger partial charge in [0.15, 0.2) is 12.2 Å². The van der Waals surface area contributed by atoms with Gasteiger partial charge in [0.05, 0.1) is 26.4 Å². The van der Waals surface area contributed by atoms with Gasteiger partial charge >= 0.3 is 39.5 Å². The fraction of sp³-hybridized carbons (Fsp3) is 0.639. The van der Waals surface area contributed by atoms with Crippen molar-refractivity contribution in [3.63, 3.8) is 0 Å². The number of aliphatic hydroxyl groups is 1. The lowest BCUT2D eigenvalue weighted by Gasteiger charge is -2.21. The van der Waals surface area contributed by atoms with E-state index in [-0.39, 0.29) is 25.7 Å². The summed E-state index contributed by atoms with van der Waals surface area (Å²) >= 11 is 0. The molecule has 0 amide bonds. The van der Waals surface area contributed by atoms with Crippen LogP contribution in [0.2, 0.25) is 0 Å². The molecule has 0 aliphatic heterocycles. The van der Waals surface area contributed by atoms with Crippen molar-refractivity contribution < 1.29 is 80.2 Å². The van der Waals surface area contributed by atoms with Crippen molar-refractivity contribution in [1.29, 1.82) is 0 Å². The lowest BCUT2D eigenvalue weighted by atomic mass is 10.1. The Bertz CT molecular complexity index is 2550. The third kappa shape index (κ3) is 73.0. The number of phosphoric ester groups is 2. The third-order valence-corrected chi connectivity index (χ3v) is 17.4. The van der Waals surface area contributed by atoms with Gasteiger partial charge < -0.3 is 33.8 Å². The van der Waals surface area contributed by atoms with Crippen LogP contribution in [-0.2, 0) is 65.4 Å². The topological polar surface area (TPSA) is 237 Å². The zero-order valence-electron chi connectivity index (χ0n) is 63.2. The molecule has 0 saturated carbocycles. The molecular weight excluding hydrogens is 1330 g/mol. The highest BCUT2D eigenvalue weighted by Crippen LogP contribution is 2.45. The number of unbranched alkanes of at least 4 members (excludes halogenated alkanes) is 19. The maximum Gasteiger partial charge on any atom is 0.472 e. The summed E-state index contributed by atoms with van der Waals surface area (Å²) < 4.78 is 68.4. The van der Waals surface area contributed by atoms with Gasteiger partial charge in [-0.15, -0.1) is 0 Å². The minimum Gasteiger partial charge on any atom is -0.462 e. The number of hydrogen-bond donors (Lipinski definition) is 3. The third-order valence-electron chi connectivity index (χ3n) is 15.5. The number of ether oxygens (including phenoxy) is 4. The van der Waals surface area contributed by atoms with E-state index in [2.05, 4.69) is 174 Å². The summed E-state index contributed by atoms with van der Waals surface area (Å²) in [7, 11) is -9.99. The average Bonchev–Trinajstić information content (AvgIpc) is 0.939. The molecule has 102 heavy (non-hydrogen) atoms. The number of allylic oxidation sites excluding steroid dienone is 26. The smallest absolute Gasteiger partial charge is 0.462 e. The molecule has 19 heteroatoms. The van der Waals surface area contributed by atoms with Crippen LogP contribution in [0.4, 0.5) is 0 Å². The Morgan fingerprint density at radius 1 is 0.284 bits per heavy atom. The van der Waals surface area contributed by atoms with E-state index < -0.39 is 97.5 Å². The first-order valence-corrected chi connectivity index (χ1v) is 41.7. The van der Waals surface area contributed by atoms with E-state index in [1.54, 1.807) is 0 Å². The summed E-state index contributed by atoms with van der Waals surface area (Å²) in [6.45, 7) is 4.39. The second-order valence-corrected chi connectivity index (χ2v) is 28.1. The van der Waals surface area contributed by atoms with Crippen LogP contribution in [0.1, 0.15) is 285 Å². The summed E-state index contributed by atoms with van der Waals surface area (Å²) in [5.74, 6) is -2.31. The molecule has 580 valence electrons. The second-order valence-electron chi connectivity index (χ2n) is 25.2. The van der Waals surface area contributed by atoms with Gasteiger partial charge in [0.2, 0.25) is 0 Å². The van der Waals surface area contributed by atoms with Crippen LogP contribution >= 0.6 is 15.6 Å². The predicted molar refractivity (Wildman–Crippen MR) is 417 cm³/mol. The van der Waals surface area contributed by atoms with Crippen LogP contribution in [-0.4, -0.2) is 96.7 Å². The van der Waals surface area contributed by atoms with Crippen LogP contribution in [0.5, 0.6) is 0 Å². The van der Waals surface area contributed by atoms with Crippen molar-refractivity contribution in [3.05, 3.63) is 158 Å². The number of carbonyl (C=O) groups excluding carboxylic acids is 4. The quantitative estimate of drug-likeness (QED) is 0.0169. The Labute approximate surface area is 617 Å². The highest BCUT2D eigenvalue weighted by molar-refractivity contribution is 7.47. The number of carbonyl (C=O) groups is 4. The van der Waals surface area contributed by atoms with Crippen molar-refractivity contribution in [2.45, 2.75) is 303 Å². The van der Waals surface area contributed by atoms with Gasteiger partial charge in [0.25, 0.3) is 0 Å². The first-order valence-electron chi connectivity index (χ1n) is 38.7. The Kier molecular flexibility index (Phi) is 70.1. The van der Waals surface area contributed by atoms with Crippen LogP contribution in [0.25, 0.3) is 0 Å². The molecule has 0 aromatic heterocycles. The van der Waals surface area contributed by atoms with Crippen molar-refractivity contribution >= 4 is 39.5 Å². The predicted octanol–water partition coefficient (Wildman–Crippen LogP) is 22.4. The Morgan fingerprint density at radius 2 is 0.520 bits per heavy atom. The Balaban J connectivity index is 5.43. The number of rotatable bonds is 71. The molecule has 0 aromatic carbocycles. The van der Waals surface area contributed by atoms with E-state index in [0.29, 0.717) is 32.1 Å². The van der Waals surface area contributed by atoms with E-state index >= 15 is 0 Å². The lowest BCUT2D eigenvalue weighted by Crippen LogP contribution is -2.30. The molecule has 0 heterocycles. The van der Waals surface area contributed by atoms with Crippen LogP contribution in [0.15, 0.2) is 158 Å². The van der Waals surface area contributed by atoms with Gasteiger partial charge in [-0.3, -0.25) is 37.3 Å². The molecule has 0 radical (unpaired) electrons. The molecule has 5 unspecified atom stereocenters. The fourth-order valence-electron chi connectivity index (χ4n) is 9.71. The lowest BCUT2D eigenvalue weighted by molar-refractivity contribution is -0.161. The van der Waals surface area contributed by atoms with Crippen molar-refractivity contribution in [2.24, 2.45) is 0 Å². The van der Waals surface area contributed by atoms with E-state index in [0.717, 1.165) is 161 Å². The van der Waals surface area contributed by atoms with E-state index in [4.69, 9.17) is 37.0 Å². The highest BCUT2D eigenvalue weighted by Gasteiger charge is 2.30. The van der Waals surface area contributed by atoms with Crippen molar-refractivity contribution in [3.8, 4) is 0 Å². The SMILES string of the molecule is CC/C=C\C/C=C\C/C=C\C/C=C\C/C=C\CCCCCC(=O)OCC(COP(=O)(O)OCC(O)COP(=O)(O)OCC(COC(=O)CCC/C=C\C/C=C\C/C=C\C/C=C\C/C=C\CC)OC(=O)CCCCCCCCCCCCC)OC(=O)CCCCCCC/C=C\C/C=C\C/C=C\CC. The van der Waals surface area contributed by atoms with Crippen LogP contribution in [0, 0.1) is 0 Å². The van der Waals surface area contributed by atoms with Crippen LogP contribution in [0.3, 0.4) is 0 Å². The van der Waals surface area contributed by atoms with E-state index in [1.807, 2.05) is 12.2 Å². The average molecular weight is 1470 g/mol. The molecule has 5 atom stereocenters. The standard InChI is InChI=1S/C83H136O17P2/c1-5-9-13-17-21-25-29-32-35-37-38-40-43-45-49-52-56-60-64-68-81(86)94-74-79(100-83(88)70-66-62-58-54-50-46-41-34-31-27-23-19-15-11-7-3)76-98-102(91,92)96-72-77(84)71-95-101(89,90)97-75-78(99-82(87)69-65-61-57-53-47-28-24-20-16-12-8-4)73-93-80(85)67-63-59-55-51-48-44-42-39-36-33-30-26-22-18-14-10-6-2/h9-11,13-15,21-23,25-27,32-36,38,40-42,44-45,49,51,55,77-79,84H,5-8,12,16-20,24,28-31,37,39,43,46-48,50,52-54,56-76H2,1-4H3,(H,89,90)(H,91,92)/b13-9-,14-10-,15-11-,25-21-,26-22-,27-23-,35-32-,36-33-,40-38-,41-34-,44-42-,49-45-,55-51-. The van der Waals surface area contributed by atoms with E-state index in [9.17, 15) is 43.2 Å². The van der Waals surface area contributed by atoms with Gasteiger partial charge in [0.1, 0.15) is 19.3 Å². The van der Waals surface area contributed by atoms with Gasteiger partial charge in [-0.1, -0.05) is 276 Å². The minimum atomic E-state index is -5.00. The molecule has 0 aromatic rings. The molecule has 0 spiro atoms. The number of phosphoric acid groups is 2. The Hall–Kier alpha value is -5.32. The summed E-state index contributed by atoms with van der Waals surface area (Å²) in [5.41, 5.74) is 0. The van der Waals surface area contributed by atoms with Gasteiger partial charge in [-0.2, -0.15) is 0 Å². The normalized spacial score (nSPS) is 14.8.